The fraction of sp³-hybridized carbons (Fsp3) is 0.667. The Balaban J connectivity index is 1.99. The Kier molecular flexibility index (Phi) is 2.02. The molecule has 3 heteroatoms. The Morgan fingerprint density at radius 3 is 3.00 bits per heavy atom. The highest BCUT2D eigenvalue weighted by molar-refractivity contribution is 5.76. The lowest BCUT2D eigenvalue weighted by molar-refractivity contribution is 0.193. The van der Waals surface area contributed by atoms with Crippen LogP contribution < -0.4 is 5.32 Å². The lowest BCUT2D eigenvalue weighted by Crippen LogP contribution is -2.38. The molecule has 0 saturated carbocycles. The molecule has 0 aromatic heterocycles. The van der Waals surface area contributed by atoms with Crippen LogP contribution in [0.25, 0.3) is 0 Å². The van der Waals surface area contributed by atoms with Crippen LogP contribution in [0.1, 0.15) is 19.3 Å². The van der Waals surface area contributed by atoms with Gasteiger partial charge in [0.15, 0.2) is 0 Å². The Labute approximate surface area is 72.4 Å². The summed E-state index contributed by atoms with van der Waals surface area (Å²) in [5.41, 5.74) is 0. The van der Waals surface area contributed by atoms with Crippen LogP contribution in [0.15, 0.2) is 12.2 Å². The van der Waals surface area contributed by atoms with Gasteiger partial charge in [-0.2, -0.15) is 0 Å². The largest absolute Gasteiger partial charge is 0.336 e. The molecule has 1 fully saturated rings. The summed E-state index contributed by atoms with van der Waals surface area (Å²) in [6, 6.07) is 0.577. The van der Waals surface area contributed by atoms with Crippen molar-refractivity contribution < 1.29 is 4.79 Å². The van der Waals surface area contributed by atoms with E-state index >= 15 is 0 Å². The SMILES string of the molecule is O=C1NCCN1C1CC=CCC1. The van der Waals surface area contributed by atoms with E-state index in [1.807, 2.05) is 4.90 Å². The van der Waals surface area contributed by atoms with E-state index in [1.54, 1.807) is 0 Å². The number of nitrogens with zero attached hydrogens (tertiary/aromatic N) is 1. The monoisotopic (exact) mass is 166 g/mol. The third kappa shape index (κ3) is 1.31. The molecule has 2 rings (SSSR count). The van der Waals surface area contributed by atoms with Gasteiger partial charge in [0.1, 0.15) is 0 Å². The number of carbonyl (C=O) groups is 1. The van der Waals surface area contributed by atoms with Crippen molar-refractivity contribution >= 4 is 6.03 Å². The molecule has 1 unspecified atom stereocenters. The Bertz CT molecular complexity index is 213. The molecule has 1 heterocycles. The van der Waals surface area contributed by atoms with Crippen LogP contribution in [-0.2, 0) is 0 Å². The number of amides is 2. The zero-order chi connectivity index (χ0) is 8.39. The van der Waals surface area contributed by atoms with Gasteiger partial charge >= 0.3 is 6.03 Å². The van der Waals surface area contributed by atoms with E-state index in [4.69, 9.17) is 0 Å². The molecular formula is C9H14N2O. The van der Waals surface area contributed by atoms with Crippen LogP contribution in [0.4, 0.5) is 4.79 Å². The van der Waals surface area contributed by atoms with Crippen LogP contribution in [0.3, 0.4) is 0 Å². The number of hydrogen-bond acceptors (Lipinski definition) is 1. The molecule has 0 radical (unpaired) electrons. The van der Waals surface area contributed by atoms with Crippen molar-refractivity contribution in [2.45, 2.75) is 25.3 Å². The van der Waals surface area contributed by atoms with Crippen molar-refractivity contribution in [3.63, 3.8) is 0 Å². The van der Waals surface area contributed by atoms with E-state index in [0.29, 0.717) is 6.04 Å². The average molecular weight is 166 g/mol. The topological polar surface area (TPSA) is 32.3 Å². The molecule has 2 amide bonds. The second-order valence-electron chi connectivity index (χ2n) is 3.36. The van der Waals surface area contributed by atoms with Gasteiger partial charge in [-0.05, 0) is 19.3 Å². The van der Waals surface area contributed by atoms with Gasteiger partial charge < -0.3 is 10.2 Å². The summed E-state index contributed by atoms with van der Waals surface area (Å²) in [5.74, 6) is 0. The smallest absolute Gasteiger partial charge is 0.317 e. The van der Waals surface area contributed by atoms with Crippen LogP contribution in [0.2, 0.25) is 0 Å². The quantitative estimate of drug-likeness (QED) is 0.582. The predicted octanol–water partition coefficient (Wildman–Crippen LogP) is 1.12. The first-order valence-corrected chi connectivity index (χ1v) is 4.57. The van der Waals surface area contributed by atoms with Crippen molar-refractivity contribution in [1.29, 1.82) is 0 Å². The van der Waals surface area contributed by atoms with Crippen LogP contribution >= 0.6 is 0 Å². The normalized spacial score (nSPS) is 29.2. The van der Waals surface area contributed by atoms with Gasteiger partial charge in [0.25, 0.3) is 0 Å². The van der Waals surface area contributed by atoms with Crippen LogP contribution in [0, 0.1) is 0 Å². The zero-order valence-electron chi connectivity index (χ0n) is 7.12. The van der Waals surface area contributed by atoms with Crippen molar-refractivity contribution in [3.05, 3.63) is 12.2 Å². The molecule has 0 aromatic rings. The molecular weight excluding hydrogens is 152 g/mol. The van der Waals surface area contributed by atoms with Crippen LogP contribution in [0.5, 0.6) is 0 Å². The minimum absolute atomic E-state index is 0.121. The summed E-state index contributed by atoms with van der Waals surface area (Å²) < 4.78 is 0. The molecule has 2 aliphatic rings. The summed E-state index contributed by atoms with van der Waals surface area (Å²) in [6.45, 7) is 1.70. The van der Waals surface area contributed by atoms with Crippen molar-refractivity contribution in [3.8, 4) is 0 Å². The van der Waals surface area contributed by atoms with Crippen molar-refractivity contribution in [2.24, 2.45) is 0 Å². The summed E-state index contributed by atoms with van der Waals surface area (Å²) in [4.78, 5) is 13.2. The maximum Gasteiger partial charge on any atom is 0.317 e. The first-order valence-electron chi connectivity index (χ1n) is 4.57. The molecule has 1 aliphatic heterocycles. The maximum absolute atomic E-state index is 11.3. The molecule has 0 aromatic carbocycles. The zero-order valence-corrected chi connectivity index (χ0v) is 7.12. The molecule has 1 atom stereocenters. The number of rotatable bonds is 1. The van der Waals surface area contributed by atoms with E-state index < -0.39 is 0 Å². The summed E-state index contributed by atoms with van der Waals surface area (Å²) in [5, 5.41) is 2.83. The number of carbonyl (C=O) groups excluding carboxylic acids is 1. The maximum atomic E-state index is 11.3. The summed E-state index contributed by atoms with van der Waals surface area (Å²) in [6.07, 6.45) is 7.66. The first-order chi connectivity index (χ1) is 5.88. The highest BCUT2D eigenvalue weighted by atomic mass is 16.2. The molecule has 3 nitrogen and oxygen atoms in total. The van der Waals surface area contributed by atoms with Gasteiger partial charge in [-0.25, -0.2) is 4.79 Å². The van der Waals surface area contributed by atoms with Gasteiger partial charge in [0.2, 0.25) is 0 Å². The van der Waals surface area contributed by atoms with Crippen LogP contribution in [-0.4, -0.2) is 30.1 Å². The average Bonchev–Trinajstić information content (AvgIpc) is 2.53. The van der Waals surface area contributed by atoms with Gasteiger partial charge in [0, 0.05) is 19.1 Å². The van der Waals surface area contributed by atoms with E-state index in [2.05, 4.69) is 17.5 Å². The summed E-state index contributed by atoms with van der Waals surface area (Å²) >= 11 is 0. The predicted molar refractivity (Wildman–Crippen MR) is 46.9 cm³/mol. The Hall–Kier alpha value is -0.990. The molecule has 66 valence electrons. The molecule has 1 N–H and O–H groups in total. The number of hydrogen-bond donors (Lipinski definition) is 1. The molecule has 12 heavy (non-hydrogen) atoms. The lowest BCUT2D eigenvalue weighted by atomic mass is 10.0. The van der Waals surface area contributed by atoms with E-state index in [0.717, 1.165) is 32.4 Å². The summed E-state index contributed by atoms with van der Waals surface area (Å²) in [7, 11) is 0. The minimum Gasteiger partial charge on any atom is -0.336 e. The van der Waals surface area contributed by atoms with E-state index in [9.17, 15) is 4.79 Å². The van der Waals surface area contributed by atoms with Crippen molar-refractivity contribution in [2.75, 3.05) is 13.1 Å². The van der Waals surface area contributed by atoms with Crippen molar-refractivity contribution in [1.82, 2.24) is 10.2 Å². The fourth-order valence-corrected chi connectivity index (χ4v) is 1.90. The van der Waals surface area contributed by atoms with Gasteiger partial charge in [-0.1, -0.05) is 12.2 Å². The van der Waals surface area contributed by atoms with E-state index in [1.165, 1.54) is 0 Å². The standard InChI is InChI=1S/C9H14N2O/c12-9-10-6-7-11(9)8-4-2-1-3-5-8/h1-2,8H,3-7H2,(H,10,12). The Morgan fingerprint density at radius 2 is 2.42 bits per heavy atom. The van der Waals surface area contributed by atoms with E-state index in [-0.39, 0.29) is 6.03 Å². The number of urea groups is 1. The molecule has 1 aliphatic carbocycles. The molecule has 0 bridgehead atoms. The number of nitrogens with one attached hydrogen (secondary N) is 1. The third-order valence-corrected chi connectivity index (χ3v) is 2.57. The highest BCUT2D eigenvalue weighted by Crippen LogP contribution is 2.18. The molecule has 0 spiro atoms. The lowest BCUT2D eigenvalue weighted by Gasteiger charge is -2.27. The van der Waals surface area contributed by atoms with Gasteiger partial charge in [0.05, 0.1) is 0 Å². The highest BCUT2D eigenvalue weighted by Gasteiger charge is 2.26. The Morgan fingerprint density at radius 1 is 1.50 bits per heavy atom. The van der Waals surface area contributed by atoms with Gasteiger partial charge in [-0.15, -0.1) is 0 Å². The third-order valence-electron chi connectivity index (χ3n) is 2.57. The fourth-order valence-electron chi connectivity index (χ4n) is 1.90. The second-order valence-corrected chi connectivity index (χ2v) is 3.36. The molecule has 1 saturated heterocycles. The number of allylic oxidation sites excluding steroid dienone is 1. The first kappa shape index (κ1) is 7.65. The second kappa shape index (κ2) is 3.17. The van der Waals surface area contributed by atoms with Gasteiger partial charge in [-0.3, -0.25) is 0 Å². The minimum atomic E-state index is 0.121.